The first-order valence-electron chi connectivity index (χ1n) is 6.87. The molecule has 1 aromatic rings. The fraction of sp³-hybridized carbons (Fsp3) is 0.600. The smallest absolute Gasteiger partial charge is 0.119 e. The van der Waals surface area contributed by atoms with Gasteiger partial charge >= 0.3 is 0 Å². The predicted octanol–water partition coefficient (Wildman–Crippen LogP) is 1.62. The number of β-amino-alcohol motifs (C(OH)–C–C–N with tert-alkyl or cyclic N) is 1. The molecule has 0 saturated carbocycles. The van der Waals surface area contributed by atoms with Crippen molar-refractivity contribution in [1.29, 1.82) is 0 Å². The molecule has 1 aliphatic rings. The lowest BCUT2D eigenvalue weighted by molar-refractivity contribution is -0.0254. The van der Waals surface area contributed by atoms with Gasteiger partial charge in [0, 0.05) is 19.6 Å². The molecule has 4 nitrogen and oxygen atoms in total. The molecule has 0 radical (unpaired) electrons. The zero-order valence-corrected chi connectivity index (χ0v) is 11.8. The zero-order valence-electron chi connectivity index (χ0n) is 11.8. The van der Waals surface area contributed by atoms with Crippen molar-refractivity contribution in [3.63, 3.8) is 0 Å². The first-order valence-corrected chi connectivity index (χ1v) is 6.87. The number of aliphatic hydroxyl groups is 1. The minimum Gasteiger partial charge on any atom is -0.494 e. The van der Waals surface area contributed by atoms with Crippen LogP contribution in [-0.2, 0) is 10.3 Å². The first-order chi connectivity index (χ1) is 9.12. The highest BCUT2D eigenvalue weighted by atomic mass is 16.5. The molecule has 0 spiro atoms. The topological polar surface area (TPSA) is 41.9 Å². The fourth-order valence-electron chi connectivity index (χ4n) is 2.36. The molecular formula is C15H23NO3. The second kappa shape index (κ2) is 6.37. The maximum Gasteiger partial charge on any atom is 0.119 e. The van der Waals surface area contributed by atoms with Crippen LogP contribution in [0.3, 0.4) is 0 Å². The van der Waals surface area contributed by atoms with E-state index in [1.54, 1.807) is 0 Å². The van der Waals surface area contributed by atoms with Crippen LogP contribution in [0.15, 0.2) is 24.3 Å². The molecule has 0 amide bonds. The third kappa shape index (κ3) is 3.93. The number of hydrogen-bond acceptors (Lipinski definition) is 4. The van der Waals surface area contributed by atoms with Crippen LogP contribution in [0.2, 0.25) is 0 Å². The van der Waals surface area contributed by atoms with E-state index in [4.69, 9.17) is 9.47 Å². The van der Waals surface area contributed by atoms with E-state index < -0.39 is 5.60 Å². The van der Waals surface area contributed by atoms with E-state index in [2.05, 4.69) is 4.90 Å². The highest BCUT2D eigenvalue weighted by Gasteiger charge is 2.27. The van der Waals surface area contributed by atoms with Gasteiger partial charge < -0.3 is 14.6 Å². The van der Waals surface area contributed by atoms with Gasteiger partial charge in [-0.1, -0.05) is 12.1 Å². The number of benzene rings is 1. The Balaban J connectivity index is 2.00. The van der Waals surface area contributed by atoms with Crippen LogP contribution in [0.1, 0.15) is 19.4 Å². The quantitative estimate of drug-likeness (QED) is 0.878. The van der Waals surface area contributed by atoms with Gasteiger partial charge in [0.15, 0.2) is 0 Å². The highest BCUT2D eigenvalue weighted by molar-refractivity contribution is 5.30. The molecule has 0 bridgehead atoms. The van der Waals surface area contributed by atoms with Crippen LogP contribution in [-0.4, -0.2) is 49.5 Å². The molecule has 1 saturated heterocycles. The Labute approximate surface area is 114 Å². The molecule has 1 heterocycles. The molecule has 1 aliphatic heterocycles. The average molecular weight is 265 g/mol. The third-order valence-electron chi connectivity index (χ3n) is 3.42. The lowest BCUT2D eigenvalue weighted by atomic mass is 9.95. The van der Waals surface area contributed by atoms with E-state index in [0.717, 1.165) is 37.6 Å². The third-order valence-corrected chi connectivity index (χ3v) is 3.42. The number of nitrogens with zero attached hydrogens (tertiary/aromatic N) is 1. The maximum atomic E-state index is 10.6. The Kier molecular flexibility index (Phi) is 4.80. The minimum absolute atomic E-state index is 0.629. The van der Waals surface area contributed by atoms with Gasteiger partial charge in [0.05, 0.1) is 25.4 Å². The number of hydrogen-bond donors (Lipinski definition) is 1. The van der Waals surface area contributed by atoms with E-state index in [1.807, 2.05) is 38.1 Å². The maximum absolute atomic E-state index is 10.6. The summed E-state index contributed by atoms with van der Waals surface area (Å²) in [6, 6.07) is 7.69. The van der Waals surface area contributed by atoms with Crippen LogP contribution in [0.4, 0.5) is 0 Å². The van der Waals surface area contributed by atoms with Crippen molar-refractivity contribution in [3.8, 4) is 5.75 Å². The van der Waals surface area contributed by atoms with Crippen LogP contribution in [0, 0.1) is 0 Å². The van der Waals surface area contributed by atoms with E-state index in [1.165, 1.54) is 0 Å². The van der Waals surface area contributed by atoms with Crippen molar-refractivity contribution in [2.75, 3.05) is 39.5 Å². The SMILES string of the molecule is CCOc1ccc([C@@](C)(O)CN2CCOCC2)cc1. The monoisotopic (exact) mass is 265 g/mol. The average Bonchev–Trinajstić information content (AvgIpc) is 2.40. The molecular weight excluding hydrogens is 242 g/mol. The molecule has 4 heteroatoms. The summed E-state index contributed by atoms with van der Waals surface area (Å²) in [5.74, 6) is 0.841. The van der Waals surface area contributed by atoms with Crippen molar-refractivity contribution < 1.29 is 14.6 Å². The van der Waals surface area contributed by atoms with Gasteiger partial charge in [0.1, 0.15) is 5.75 Å². The molecule has 1 fully saturated rings. The summed E-state index contributed by atoms with van der Waals surface area (Å²) in [6.45, 7) is 8.37. The Bertz CT molecular complexity index is 383. The van der Waals surface area contributed by atoms with Gasteiger partial charge in [-0.2, -0.15) is 0 Å². The Morgan fingerprint density at radius 1 is 1.26 bits per heavy atom. The molecule has 1 atom stereocenters. The molecule has 0 aliphatic carbocycles. The van der Waals surface area contributed by atoms with Crippen molar-refractivity contribution in [3.05, 3.63) is 29.8 Å². The van der Waals surface area contributed by atoms with Gasteiger partial charge in [0.25, 0.3) is 0 Å². The summed E-state index contributed by atoms with van der Waals surface area (Å²) in [5, 5.41) is 10.6. The molecule has 19 heavy (non-hydrogen) atoms. The van der Waals surface area contributed by atoms with Crippen LogP contribution >= 0.6 is 0 Å². The van der Waals surface area contributed by atoms with Crippen LogP contribution in [0.5, 0.6) is 5.75 Å². The second-order valence-corrected chi connectivity index (χ2v) is 5.12. The summed E-state index contributed by atoms with van der Waals surface area (Å²) >= 11 is 0. The lowest BCUT2D eigenvalue weighted by Crippen LogP contribution is -2.44. The molecule has 106 valence electrons. The van der Waals surface area contributed by atoms with Gasteiger partial charge in [-0.15, -0.1) is 0 Å². The number of ether oxygens (including phenoxy) is 2. The molecule has 0 unspecified atom stereocenters. The summed E-state index contributed by atoms with van der Waals surface area (Å²) in [4.78, 5) is 2.24. The summed E-state index contributed by atoms with van der Waals surface area (Å²) in [6.07, 6.45) is 0. The van der Waals surface area contributed by atoms with Gasteiger partial charge in [-0.3, -0.25) is 4.90 Å². The van der Waals surface area contributed by atoms with Crippen molar-refractivity contribution >= 4 is 0 Å². The fourth-order valence-corrected chi connectivity index (χ4v) is 2.36. The number of rotatable bonds is 5. The van der Waals surface area contributed by atoms with E-state index >= 15 is 0 Å². The van der Waals surface area contributed by atoms with Crippen molar-refractivity contribution in [1.82, 2.24) is 4.90 Å². The Hall–Kier alpha value is -1.10. The molecule has 1 N–H and O–H groups in total. The van der Waals surface area contributed by atoms with E-state index in [0.29, 0.717) is 13.2 Å². The zero-order chi connectivity index (χ0) is 13.7. The molecule has 2 rings (SSSR count). The minimum atomic E-state index is -0.845. The summed E-state index contributed by atoms with van der Waals surface area (Å²) in [7, 11) is 0. The van der Waals surface area contributed by atoms with Crippen LogP contribution in [0.25, 0.3) is 0 Å². The first kappa shape index (κ1) is 14.3. The van der Waals surface area contributed by atoms with Gasteiger partial charge in [-0.25, -0.2) is 0 Å². The Morgan fingerprint density at radius 3 is 2.47 bits per heavy atom. The van der Waals surface area contributed by atoms with Gasteiger partial charge in [-0.05, 0) is 31.5 Å². The Morgan fingerprint density at radius 2 is 1.89 bits per heavy atom. The second-order valence-electron chi connectivity index (χ2n) is 5.12. The van der Waals surface area contributed by atoms with E-state index in [-0.39, 0.29) is 0 Å². The van der Waals surface area contributed by atoms with Crippen molar-refractivity contribution in [2.45, 2.75) is 19.4 Å². The normalized spacial score (nSPS) is 19.9. The van der Waals surface area contributed by atoms with E-state index in [9.17, 15) is 5.11 Å². The van der Waals surface area contributed by atoms with Gasteiger partial charge in [0.2, 0.25) is 0 Å². The largest absolute Gasteiger partial charge is 0.494 e. The molecule has 0 aromatic heterocycles. The summed E-state index contributed by atoms with van der Waals surface area (Å²) in [5.41, 5.74) is 0.0738. The number of morpholine rings is 1. The standard InChI is InChI=1S/C15H23NO3/c1-3-19-14-6-4-13(5-7-14)15(2,17)12-16-8-10-18-11-9-16/h4-7,17H,3,8-12H2,1-2H3/t15-/m0/s1. The summed E-state index contributed by atoms with van der Waals surface area (Å²) < 4.78 is 10.7. The lowest BCUT2D eigenvalue weighted by Gasteiger charge is -2.34. The highest BCUT2D eigenvalue weighted by Crippen LogP contribution is 2.24. The predicted molar refractivity (Wildman–Crippen MR) is 74.4 cm³/mol. The molecule has 1 aromatic carbocycles. The van der Waals surface area contributed by atoms with Crippen LogP contribution < -0.4 is 4.74 Å². The van der Waals surface area contributed by atoms with Crippen molar-refractivity contribution in [2.24, 2.45) is 0 Å².